The van der Waals surface area contributed by atoms with E-state index < -0.39 is 0 Å². The summed E-state index contributed by atoms with van der Waals surface area (Å²) in [6, 6.07) is 8.72. The minimum Gasteiger partial charge on any atom is -0.373 e. The minimum atomic E-state index is -0.375. The number of carbonyl (C=O) groups is 1. The van der Waals surface area contributed by atoms with Gasteiger partial charge in [0.2, 0.25) is 0 Å². The van der Waals surface area contributed by atoms with E-state index >= 15 is 4.39 Å². The maximum atomic E-state index is 15.1. The quantitative estimate of drug-likeness (QED) is 0.389. The van der Waals surface area contributed by atoms with E-state index in [4.69, 9.17) is 0 Å². The molecular weight excluding hydrogens is 497 g/mol. The molecular formula is C29H32FN7O2. The molecule has 202 valence electrons. The molecule has 5 rings (SSSR count). The lowest BCUT2D eigenvalue weighted by molar-refractivity contribution is 0.0827. The van der Waals surface area contributed by atoms with Crippen molar-refractivity contribution in [1.29, 1.82) is 0 Å². The number of pyridine rings is 1. The van der Waals surface area contributed by atoms with Gasteiger partial charge in [0.05, 0.1) is 5.69 Å². The van der Waals surface area contributed by atoms with Crippen molar-refractivity contribution in [1.82, 2.24) is 29.3 Å². The molecule has 1 atom stereocenters. The molecule has 0 radical (unpaired) electrons. The SMILES string of the molecule is CNc1ccn(-c2ccnc3[nH]c([C@H](C)N4CC=C(c5c(C)cc(C(=O)N(C)C)cc5F)CC4)cc23)c(=O)n1. The number of H-pyrrole nitrogens is 1. The molecule has 1 amide bonds. The predicted octanol–water partition coefficient (Wildman–Crippen LogP) is 4.15. The summed E-state index contributed by atoms with van der Waals surface area (Å²) in [5, 5.41) is 3.71. The molecule has 3 aromatic heterocycles. The molecule has 4 heterocycles. The highest BCUT2D eigenvalue weighted by molar-refractivity contribution is 5.94. The van der Waals surface area contributed by atoms with Crippen LogP contribution in [0.3, 0.4) is 0 Å². The molecule has 4 aromatic rings. The number of aryl methyl sites for hydroxylation is 1. The van der Waals surface area contributed by atoms with E-state index in [9.17, 15) is 9.59 Å². The highest BCUT2D eigenvalue weighted by Gasteiger charge is 2.24. The van der Waals surface area contributed by atoms with Crippen LogP contribution >= 0.6 is 0 Å². The van der Waals surface area contributed by atoms with Gasteiger partial charge in [0, 0.05) is 74.9 Å². The Morgan fingerprint density at radius 1 is 1.23 bits per heavy atom. The summed E-state index contributed by atoms with van der Waals surface area (Å²) in [6.45, 7) is 5.36. The highest BCUT2D eigenvalue weighted by atomic mass is 19.1. The van der Waals surface area contributed by atoms with Gasteiger partial charge >= 0.3 is 5.69 Å². The Morgan fingerprint density at radius 3 is 2.67 bits per heavy atom. The number of nitrogens with one attached hydrogen (secondary N) is 2. The smallest absolute Gasteiger partial charge is 0.354 e. The topological polar surface area (TPSA) is 99.1 Å². The number of nitrogens with zero attached hydrogens (tertiary/aromatic N) is 5. The van der Waals surface area contributed by atoms with Crippen LogP contribution in [0.25, 0.3) is 22.3 Å². The van der Waals surface area contributed by atoms with Crippen LogP contribution in [-0.4, -0.2) is 69.5 Å². The van der Waals surface area contributed by atoms with Crippen LogP contribution in [0.1, 0.15) is 46.6 Å². The van der Waals surface area contributed by atoms with Gasteiger partial charge in [-0.25, -0.2) is 14.2 Å². The minimum absolute atomic E-state index is 0.0393. The molecule has 0 unspecified atom stereocenters. The standard InChI is InChI=1S/C29H32FN7O2/c1-17-14-20(28(38)35(4)5)15-22(30)26(17)19-7-11-36(12-8-19)18(2)23-16-21-24(6-10-32-27(21)33-23)37-13-9-25(31-3)34-29(37)39/h6-7,9-10,13-16,18H,8,11-12H2,1-5H3,(H,32,33)(H,31,34,39)/t18-/m0/s1. The molecule has 0 bridgehead atoms. The van der Waals surface area contributed by atoms with Crippen LogP contribution in [0, 0.1) is 12.7 Å². The van der Waals surface area contributed by atoms with Crippen LogP contribution in [0.15, 0.2) is 53.6 Å². The summed E-state index contributed by atoms with van der Waals surface area (Å²) in [7, 11) is 5.04. The third-order valence-corrected chi connectivity index (χ3v) is 7.35. The molecule has 0 spiro atoms. The van der Waals surface area contributed by atoms with Crippen molar-refractivity contribution in [2.45, 2.75) is 26.3 Å². The maximum absolute atomic E-state index is 15.1. The average molecular weight is 530 g/mol. The third-order valence-electron chi connectivity index (χ3n) is 7.35. The second-order valence-corrected chi connectivity index (χ2v) is 10.0. The second-order valence-electron chi connectivity index (χ2n) is 10.0. The number of anilines is 1. The number of aromatic amines is 1. The van der Waals surface area contributed by atoms with Crippen molar-refractivity contribution in [3.8, 4) is 5.69 Å². The number of aromatic nitrogens is 4. The van der Waals surface area contributed by atoms with Crippen LogP contribution in [0.5, 0.6) is 0 Å². The normalized spacial score (nSPS) is 14.8. The van der Waals surface area contributed by atoms with E-state index in [1.807, 2.05) is 13.0 Å². The van der Waals surface area contributed by atoms with Gasteiger partial charge in [-0.3, -0.25) is 14.3 Å². The summed E-state index contributed by atoms with van der Waals surface area (Å²) in [5.41, 5.74) is 4.65. The number of halogens is 1. The number of carbonyl (C=O) groups excluding carboxylic acids is 1. The van der Waals surface area contributed by atoms with Gasteiger partial charge in [0.25, 0.3) is 5.91 Å². The predicted molar refractivity (Wildman–Crippen MR) is 151 cm³/mol. The molecule has 2 N–H and O–H groups in total. The molecule has 1 aromatic carbocycles. The van der Waals surface area contributed by atoms with Crippen molar-refractivity contribution in [2.75, 3.05) is 39.5 Å². The summed E-state index contributed by atoms with van der Waals surface area (Å²) >= 11 is 0. The number of rotatable bonds is 6. The first kappa shape index (κ1) is 26.3. The average Bonchev–Trinajstić information content (AvgIpc) is 3.37. The zero-order chi connectivity index (χ0) is 27.8. The monoisotopic (exact) mass is 529 g/mol. The van der Waals surface area contributed by atoms with E-state index in [1.54, 1.807) is 51.7 Å². The first-order valence-corrected chi connectivity index (χ1v) is 12.9. The molecule has 0 saturated heterocycles. The van der Waals surface area contributed by atoms with Crippen molar-refractivity contribution in [3.05, 3.63) is 87.5 Å². The lowest BCUT2D eigenvalue weighted by Crippen LogP contribution is -2.31. The Bertz CT molecular complexity index is 1630. The van der Waals surface area contributed by atoms with Gasteiger partial charge in [0.15, 0.2) is 0 Å². The molecule has 39 heavy (non-hydrogen) atoms. The van der Waals surface area contributed by atoms with Crippen molar-refractivity contribution in [3.63, 3.8) is 0 Å². The Balaban J connectivity index is 1.39. The Kier molecular flexibility index (Phi) is 7.05. The molecule has 1 aliphatic heterocycles. The number of benzene rings is 1. The molecule has 9 nitrogen and oxygen atoms in total. The third kappa shape index (κ3) is 4.95. The van der Waals surface area contributed by atoms with E-state index in [0.29, 0.717) is 41.2 Å². The summed E-state index contributed by atoms with van der Waals surface area (Å²) in [5.74, 6) is -0.0709. The Morgan fingerprint density at radius 2 is 2.03 bits per heavy atom. The molecule has 0 fully saturated rings. The maximum Gasteiger partial charge on any atom is 0.354 e. The number of hydrogen-bond acceptors (Lipinski definition) is 6. The van der Waals surface area contributed by atoms with Crippen molar-refractivity contribution in [2.24, 2.45) is 0 Å². The fourth-order valence-electron chi connectivity index (χ4n) is 5.19. The van der Waals surface area contributed by atoms with Gasteiger partial charge in [-0.05, 0) is 61.7 Å². The van der Waals surface area contributed by atoms with E-state index in [0.717, 1.165) is 28.8 Å². The van der Waals surface area contributed by atoms with Crippen LogP contribution in [0.2, 0.25) is 0 Å². The number of hydrogen-bond donors (Lipinski definition) is 2. The van der Waals surface area contributed by atoms with Gasteiger partial charge in [-0.2, -0.15) is 4.98 Å². The van der Waals surface area contributed by atoms with Crippen molar-refractivity contribution >= 4 is 28.3 Å². The lowest BCUT2D eigenvalue weighted by atomic mass is 9.92. The summed E-state index contributed by atoms with van der Waals surface area (Å²) < 4.78 is 16.6. The molecule has 0 aliphatic carbocycles. The molecule has 1 aliphatic rings. The first-order valence-electron chi connectivity index (χ1n) is 12.9. The Hall–Kier alpha value is -4.31. The van der Waals surface area contributed by atoms with Gasteiger partial charge in [-0.1, -0.05) is 6.08 Å². The van der Waals surface area contributed by atoms with E-state index in [-0.39, 0.29) is 23.5 Å². The van der Waals surface area contributed by atoms with Gasteiger partial charge < -0.3 is 15.2 Å². The Labute approximate surface area is 226 Å². The van der Waals surface area contributed by atoms with Gasteiger partial charge in [0.1, 0.15) is 17.3 Å². The van der Waals surface area contributed by atoms with E-state index in [2.05, 4.69) is 38.2 Å². The fourth-order valence-corrected chi connectivity index (χ4v) is 5.19. The zero-order valence-electron chi connectivity index (χ0n) is 22.7. The summed E-state index contributed by atoms with van der Waals surface area (Å²) in [6.07, 6.45) is 6.13. The van der Waals surface area contributed by atoms with Crippen LogP contribution in [-0.2, 0) is 0 Å². The number of amides is 1. The highest BCUT2D eigenvalue weighted by Crippen LogP contribution is 2.33. The second kappa shape index (κ2) is 10.5. The first-order chi connectivity index (χ1) is 18.7. The van der Waals surface area contributed by atoms with E-state index in [1.165, 1.54) is 15.5 Å². The fraction of sp³-hybridized carbons (Fsp3) is 0.310. The lowest BCUT2D eigenvalue weighted by Gasteiger charge is -2.32. The number of fused-ring (bicyclic) bond motifs is 1. The van der Waals surface area contributed by atoms with Gasteiger partial charge in [-0.15, -0.1) is 0 Å². The molecule has 10 heteroatoms. The van der Waals surface area contributed by atoms with Crippen molar-refractivity contribution < 1.29 is 9.18 Å². The van der Waals surface area contributed by atoms with Crippen LogP contribution < -0.4 is 11.0 Å². The van der Waals surface area contributed by atoms with Crippen LogP contribution in [0.4, 0.5) is 10.2 Å². The molecule has 0 saturated carbocycles. The largest absolute Gasteiger partial charge is 0.373 e. The summed E-state index contributed by atoms with van der Waals surface area (Å²) in [4.78, 5) is 40.6. The zero-order valence-corrected chi connectivity index (χ0v) is 22.7.